The molecule has 0 spiro atoms. The van der Waals surface area contributed by atoms with E-state index in [9.17, 15) is 8.78 Å². The first-order chi connectivity index (χ1) is 9.12. The van der Waals surface area contributed by atoms with E-state index in [-0.39, 0.29) is 18.8 Å². The Labute approximate surface area is 115 Å². The number of nitrogens with zero attached hydrogens (tertiary/aromatic N) is 2. The van der Waals surface area contributed by atoms with Crippen LogP contribution in [0.2, 0.25) is 0 Å². The number of hydrogen-bond donors (Lipinski definition) is 1. The number of rotatable bonds is 5. The molecule has 0 atom stereocenters. The van der Waals surface area contributed by atoms with Crippen LogP contribution in [0.25, 0.3) is 0 Å². The van der Waals surface area contributed by atoms with E-state index >= 15 is 0 Å². The maximum Gasteiger partial charge on any atom is 0.248 e. The summed E-state index contributed by atoms with van der Waals surface area (Å²) in [5, 5.41) is 13.8. The summed E-state index contributed by atoms with van der Waals surface area (Å²) in [5.41, 5.74) is 0. The van der Waals surface area contributed by atoms with Crippen LogP contribution in [0.4, 0.5) is 8.78 Å². The van der Waals surface area contributed by atoms with E-state index in [4.69, 9.17) is 0 Å². The Kier molecular flexibility index (Phi) is 3.80. The Bertz CT molecular complexity index is 421. The molecule has 2 saturated carbocycles. The number of halogens is 2. The van der Waals surface area contributed by atoms with Crippen LogP contribution < -0.4 is 5.32 Å². The van der Waals surface area contributed by atoms with Crippen LogP contribution in [0.5, 0.6) is 0 Å². The van der Waals surface area contributed by atoms with Crippen LogP contribution in [-0.2, 0) is 6.42 Å². The van der Waals surface area contributed by atoms with Crippen molar-refractivity contribution in [3.05, 3.63) is 10.0 Å². The van der Waals surface area contributed by atoms with E-state index in [0.29, 0.717) is 18.9 Å². The summed E-state index contributed by atoms with van der Waals surface area (Å²) in [5.74, 6) is -2.26. The van der Waals surface area contributed by atoms with Crippen LogP contribution in [0.15, 0.2) is 0 Å². The van der Waals surface area contributed by atoms with E-state index in [0.717, 1.165) is 23.0 Å². The van der Waals surface area contributed by atoms with Gasteiger partial charge in [0.25, 0.3) is 0 Å². The zero-order chi connectivity index (χ0) is 13.3. The molecule has 19 heavy (non-hydrogen) atoms. The molecule has 0 amide bonds. The summed E-state index contributed by atoms with van der Waals surface area (Å²) in [4.78, 5) is 0. The summed E-state index contributed by atoms with van der Waals surface area (Å²) in [6.45, 7) is 0.946. The summed E-state index contributed by atoms with van der Waals surface area (Å²) >= 11 is 1.60. The van der Waals surface area contributed by atoms with Crippen molar-refractivity contribution in [3.63, 3.8) is 0 Å². The van der Waals surface area contributed by atoms with Gasteiger partial charge < -0.3 is 5.32 Å². The average Bonchev–Trinajstić information content (AvgIpc) is 3.07. The standard InChI is InChI=1S/C13H19F2N3S/c14-13(15)6-3-9(4-7-13)12-18-17-11(19-12)5-8-16-10-1-2-10/h9-10,16H,1-8H2. The van der Waals surface area contributed by atoms with Crippen LogP contribution in [-0.4, -0.2) is 28.7 Å². The summed E-state index contributed by atoms with van der Waals surface area (Å²) < 4.78 is 26.2. The van der Waals surface area contributed by atoms with Gasteiger partial charge in [-0.2, -0.15) is 0 Å². The van der Waals surface area contributed by atoms with Crippen molar-refractivity contribution in [2.24, 2.45) is 0 Å². The lowest BCUT2D eigenvalue weighted by molar-refractivity contribution is -0.0382. The van der Waals surface area contributed by atoms with Crippen molar-refractivity contribution in [1.29, 1.82) is 0 Å². The van der Waals surface area contributed by atoms with Gasteiger partial charge in [0.1, 0.15) is 10.0 Å². The molecule has 2 aliphatic rings. The first kappa shape index (κ1) is 13.4. The van der Waals surface area contributed by atoms with Gasteiger partial charge in [-0.1, -0.05) is 0 Å². The highest BCUT2D eigenvalue weighted by Crippen LogP contribution is 2.41. The van der Waals surface area contributed by atoms with Gasteiger partial charge in [-0.15, -0.1) is 21.5 Å². The van der Waals surface area contributed by atoms with Gasteiger partial charge in [0.05, 0.1) is 0 Å². The zero-order valence-corrected chi connectivity index (χ0v) is 11.7. The Hall–Kier alpha value is -0.620. The normalized spacial score (nSPS) is 23.7. The molecular weight excluding hydrogens is 268 g/mol. The van der Waals surface area contributed by atoms with Gasteiger partial charge in [0.15, 0.2) is 0 Å². The molecule has 0 unspecified atom stereocenters. The summed E-state index contributed by atoms with van der Waals surface area (Å²) in [6.07, 6.45) is 4.56. The largest absolute Gasteiger partial charge is 0.314 e. The van der Waals surface area contributed by atoms with Crippen molar-refractivity contribution >= 4 is 11.3 Å². The fraction of sp³-hybridized carbons (Fsp3) is 0.846. The SMILES string of the molecule is FC1(F)CCC(c2nnc(CCNC3CC3)s2)CC1. The zero-order valence-electron chi connectivity index (χ0n) is 10.9. The lowest BCUT2D eigenvalue weighted by Gasteiger charge is -2.26. The minimum absolute atomic E-state index is 0.00415. The molecule has 1 aromatic heterocycles. The van der Waals surface area contributed by atoms with E-state index in [2.05, 4.69) is 15.5 Å². The van der Waals surface area contributed by atoms with E-state index in [1.807, 2.05) is 0 Å². The third kappa shape index (κ3) is 3.69. The van der Waals surface area contributed by atoms with Gasteiger partial charge in [-0.25, -0.2) is 8.78 Å². The number of aromatic nitrogens is 2. The van der Waals surface area contributed by atoms with Gasteiger partial charge in [-0.05, 0) is 25.7 Å². The molecule has 3 nitrogen and oxygen atoms in total. The second kappa shape index (κ2) is 5.40. The number of alkyl halides is 2. The quantitative estimate of drug-likeness (QED) is 0.904. The maximum absolute atomic E-state index is 13.1. The molecule has 2 fully saturated rings. The molecular formula is C13H19F2N3S. The molecule has 0 bridgehead atoms. The predicted molar refractivity (Wildman–Crippen MR) is 70.8 cm³/mol. The minimum Gasteiger partial charge on any atom is -0.314 e. The topological polar surface area (TPSA) is 37.8 Å². The highest BCUT2D eigenvalue weighted by atomic mass is 32.1. The van der Waals surface area contributed by atoms with Crippen molar-refractivity contribution in [2.45, 2.75) is 62.8 Å². The highest BCUT2D eigenvalue weighted by Gasteiger charge is 2.36. The van der Waals surface area contributed by atoms with Crippen LogP contribution in [0.3, 0.4) is 0 Å². The van der Waals surface area contributed by atoms with Crippen molar-refractivity contribution < 1.29 is 8.78 Å². The third-order valence-electron chi connectivity index (χ3n) is 3.90. The molecule has 0 saturated heterocycles. The monoisotopic (exact) mass is 287 g/mol. The van der Waals surface area contributed by atoms with Crippen molar-refractivity contribution in [3.8, 4) is 0 Å². The van der Waals surface area contributed by atoms with Crippen LogP contribution >= 0.6 is 11.3 Å². The first-order valence-corrected chi connectivity index (χ1v) is 7.87. The van der Waals surface area contributed by atoms with Gasteiger partial charge >= 0.3 is 0 Å². The second-order valence-electron chi connectivity index (χ2n) is 5.64. The van der Waals surface area contributed by atoms with Gasteiger partial charge in [0, 0.05) is 37.8 Å². The molecule has 1 aromatic rings. The van der Waals surface area contributed by atoms with Crippen molar-refractivity contribution in [2.75, 3.05) is 6.54 Å². The molecule has 0 radical (unpaired) electrons. The Morgan fingerprint density at radius 3 is 2.58 bits per heavy atom. The summed E-state index contributed by atoms with van der Waals surface area (Å²) in [7, 11) is 0. The fourth-order valence-corrected chi connectivity index (χ4v) is 3.50. The van der Waals surface area contributed by atoms with E-state index < -0.39 is 5.92 Å². The molecule has 0 aromatic carbocycles. The first-order valence-electron chi connectivity index (χ1n) is 7.06. The predicted octanol–water partition coefficient (Wildman–Crippen LogP) is 3.13. The van der Waals surface area contributed by atoms with E-state index in [1.165, 1.54) is 12.8 Å². The molecule has 1 heterocycles. The lowest BCUT2D eigenvalue weighted by atomic mass is 9.87. The average molecular weight is 287 g/mol. The van der Waals surface area contributed by atoms with Crippen LogP contribution in [0, 0.1) is 0 Å². The molecule has 0 aliphatic heterocycles. The Balaban J connectivity index is 1.49. The van der Waals surface area contributed by atoms with Gasteiger partial charge in [0.2, 0.25) is 5.92 Å². The Morgan fingerprint density at radius 1 is 1.16 bits per heavy atom. The number of nitrogens with one attached hydrogen (secondary N) is 1. The molecule has 1 N–H and O–H groups in total. The highest BCUT2D eigenvalue weighted by molar-refractivity contribution is 7.11. The van der Waals surface area contributed by atoms with Gasteiger partial charge in [-0.3, -0.25) is 0 Å². The summed E-state index contributed by atoms with van der Waals surface area (Å²) in [6, 6.07) is 0.716. The smallest absolute Gasteiger partial charge is 0.248 e. The molecule has 6 heteroatoms. The molecule has 2 aliphatic carbocycles. The van der Waals surface area contributed by atoms with Crippen molar-refractivity contribution in [1.82, 2.24) is 15.5 Å². The maximum atomic E-state index is 13.1. The van der Waals surface area contributed by atoms with E-state index in [1.54, 1.807) is 11.3 Å². The third-order valence-corrected chi connectivity index (χ3v) is 5.04. The second-order valence-corrected chi connectivity index (χ2v) is 6.74. The number of hydrogen-bond acceptors (Lipinski definition) is 4. The van der Waals surface area contributed by atoms with Crippen LogP contribution in [0.1, 0.15) is 54.5 Å². The molecule has 3 rings (SSSR count). The molecule has 106 valence electrons. The minimum atomic E-state index is -2.46. The lowest BCUT2D eigenvalue weighted by Crippen LogP contribution is -2.23. The Morgan fingerprint density at radius 2 is 1.89 bits per heavy atom. The fourth-order valence-electron chi connectivity index (χ4n) is 2.49.